The highest BCUT2D eigenvalue weighted by Crippen LogP contribution is 2.19. The first-order valence-corrected chi connectivity index (χ1v) is 4.92. The molecule has 1 unspecified atom stereocenters. The summed E-state index contributed by atoms with van der Waals surface area (Å²) < 4.78 is 0. The highest BCUT2D eigenvalue weighted by Gasteiger charge is 2.11. The molecule has 0 aliphatic heterocycles. The average molecular weight is 169 g/mol. The summed E-state index contributed by atoms with van der Waals surface area (Å²) in [6.45, 7) is 3.70. The third-order valence-corrected chi connectivity index (χ3v) is 2.34. The van der Waals surface area contributed by atoms with Gasteiger partial charge in [0.05, 0.1) is 6.10 Å². The molecule has 2 N–H and O–H groups in total. The van der Waals surface area contributed by atoms with E-state index in [1.165, 1.54) is 18.4 Å². The summed E-state index contributed by atoms with van der Waals surface area (Å²) in [6, 6.07) is 0. The molecule has 12 heavy (non-hydrogen) atoms. The largest absolute Gasteiger partial charge is 0.387 e. The lowest BCUT2D eigenvalue weighted by Crippen LogP contribution is -2.28. The zero-order chi connectivity index (χ0) is 8.81. The van der Waals surface area contributed by atoms with Crippen molar-refractivity contribution >= 4 is 0 Å². The fourth-order valence-corrected chi connectivity index (χ4v) is 1.58. The van der Waals surface area contributed by atoms with Crippen LogP contribution in [0.5, 0.6) is 0 Å². The van der Waals surface area contributed by atoms with Gasteiger partial charge < -0.3 is 10.4 Å². The molecule has 0 amide bonds. The molecule has 1 aliphatic rings. The predicted molar refractivity (Wildman–Crippen MR) is 51.1 cm³/mol. The Morgan fingerprint density at radius 2 is 2.42 bits per heavy atom. The van der Waals surface area contributed by atoms with Crippen LogP contribution < -0.4 is 5.32 Å². The summed E-state index contributed by atoms with van der Waals surface area (Å²) in [4.78, 5) is 0. The fourth-order valence-electron chi connectivity index (χ4n) is 1.58. The Hall–Kier alpha value is -0.340. The van der Waals surface area contributed by atoms with Crippen LogP contribution in [0.4, 0.5) is 0 Å². The molecular formula is C10H19NO. The Bertz CT molecular complexity index is 154. The topological polar surface area (TPSA) is 32.3 Å². The molecule has 0 aromatic rings. The number of aliphatic hydroxyl groups excluding tert-OH is 1. The van der Waals surface area contributed by atoms with Gasteiger partial charge in [-0.2, -0.15) is 0 Å². The maximum atomic E-state index is 9.67. The smallest absolute Gasteiger partial charge is 0.0874 e. The van der Waals surface area contributed by atoms with Crippen LogP contribution in [0.2, 0.25) is 0 Å². The van der Waals surface area contributed by atoms with Crippen LogP contribution in [0, 0.1) is 0 Å². The van der Waals surface area contributed by atoms with Gasteiger partial charge in [-0.15, -0.1) is 0 Å². The van der Waals surface area contributed by atoms with Crippen LogP contribution in [0.15, 0.2) is 11.6 Å². The van der Waals surface area contributed by atoms with Crippen molar-refractivity contribution in [1.82, 2.24) is 5.32 Å². The van der Waals surface area contributed by atoms with Gasteiger partial charge in [-0.1, -0.05) is 13.0 Å². The molecular weight excluding hydrogens is 150 g/mol. The molecule has 0 radical (unpaired) electrons. The van der Waals surface area contributed by atoms with E-state index in [0.717, 1.165) is 19.4 Å². The minimum Gasteiger partial charge on any atom is -0.387 e. The van der Waals surface area contributed by atoms with E-state index in [1.54, 1.807) is 0 Å². The van der Waals surface area contributed by atoms with Crippen molar-refractivity contribution in [1.29, 1.82) is 0 Å². The number of rotatable bonds is 4. The second kappa shape index (κ2) is 5.33. The summed E-state index contributed by atoms with van der Waals surface area (Å²) in [5.41, 5.74) is 1.24. The van der Waals surface area contributed by atoms with Crippen LogP contribution in [0.25, 0.3) is 0 Å². The van der Waals surface area contributed by atoms with Gasteiger partial charge in [0.25, 0.3) is 0 Å². The maximum Gasteiger partial charge on any atom is 0.0874 e. The lowest BCUT2D eigenvalue weighted by atomic mass is 9.95. The summed E-state index contributed by atoms with van der Waals surface area (Å²) in [7, 11) is 0. The van der Waals surface area contributed by atoms with Crippen molar-refractivity contribution in [3.8, 4) is 0 Å². The summed E-state index contributed by atoms with van der Waals surface area (Å²) >= 11 is 0. The molecule has 0 bridgehead atoms. The monoisotopic (exact) mass is 169 g/mol. The molecule has 0 spiro atoms. The fraction of sp³-hybridized carbons (Fsp3) is 0.800. The molecule has 0 aromatic carbocycles. The minimum atomic E-state index is -0.245. The Balaban J connectivity index is 2.29. The van der Waals surface area contributed by atoms with Crippen molar-refractivity contribution in [2.45, 2.75) is 38.7 Å². The molecule has 0 fully saturated rings. The van der Waals surface area contributed by atoms with Crippen molar-refractivity contribution in [3.63, 3.8) is 0 Å². The Kier molecular flexibility index (Phi) is 4.33. The van der Waals surface area contributed by atoms with Crippen LogP contribution in [-0.2, 0) is 0 Å². The molecule has 1 atom stereocenters. The van der Waals surface area contributed by atoms with Crippen molar-refractivity contribution < 1.29 is 5.11 Å². The SMILES string of the molecule is CCNCC(O)C1=CCCCC1. The van der Waals surface area contributed by atoms with E-state index in [-0.39, 0.29) is 6.10 Å². The summed E-state index contributed by atoms with van der Waals surface area (Å²) in [6.07, 6.45) is 6.73. The van der Waals surface area contributed by atoms with Crippen LogP contribution >= 0.6 is 0 Å². The maximum absolute atomic E-state index is 9.67. The molecule has 70 valence electrons. The second-order valence-electron chi connectivity index (χ2n) is 3.35. The van der Waals surface area contributed by atoms with Crippen LogP contribution in [-0.4, -0.2) is 24.3 Å². The molecule has 0 saturated carbocycles. The predicted octanol–water partition coefficient (Wildman–Crippen LogP) is 1.46. The van der Waals surface area contributed by atoms with Gasteiger partial charge in [0.15, 0.2) is 0 Å². The normalized spacial score (nSPS) is 20.3. The van der Waals surface area contributed by atoms with E-state index in [2.05, 4.69) is 18.3 Å². The zero-order valence-electron chi connectivity index (χ0n) is 7.84. The molecule has 0 aromatic heterocycles. The van der Waals surface area contributed by atoms with Crippen molar-refractivity contribution in [2.24, 2.45) is 0 Å². The number of likely N-dealkylation sites (N-methyl/N-ethyl adjacent to an activating group) is 1. The summed E-state index contributed by atoms with van der Waals surface area (Å²) in [5, 5.41) is 12.8. The van der Waals surface area contributed by atoms with Gasteiger partial charge in [0, 0.05) is 6.54 Å². The molecule has 1 rings (SSSR count). The third kappa shape index (κ3) is 2.95. The van der Waals surface area contributed by atoms with Gasteiger partial charge in [0.1, 0.15) is 0 Å². The second-order valence-corrected chi connectivity index (χ2v) is 3.35. The molecule has 0 heterocycles. The van der Waals surface area contributed by atoms with Gasteiger partial charge in [-0.3, -0.25) is 0 Å². The molecule has 2 nitrogen and oxygen atoms in total. The lowest BCUT2D eigenvalue weighted by Gasteiger charge is -2.18. The molecule has 2 heteroatoms. The minimum absolute atomic E-state index is 0.245. The van der Waals surface area contributed by atoms with Crippen molar-refractivity contribution in [2.75, 3.05) is 13.1 Å². The number of hydrogen-bond acceptors (Lipinski definition) is 2. The van der Waals surface area contributed by atoms with Crippen molar-refractivity contribution in [3.05, 3.63) is 11.6 Å². The Labute approximate surface area is 74.7 Å². The zero-order valence-corrected chi connectivity index (χ0v) is 7.84. The summed E-state index contributed by atoms with van der Waals surface area (Å²) in [5.74, 6) is 0. The number of hydrogen-bond donors (Lipinski definition) is 2. The highest BCUT2D eigenvalue weighted by molar-refractivity contribution is 5.10. The van der Waals surface area contributed by atoms with E-state index in [9.17, 15) is 5.11 Å². The first-order valence-electron chi connectivity index (χ1n) is 4.92. The van der Waals surface area contributed by atoms with Crippen LogP contribution in [0.1, 0.15) is 32.6 Å². The van der Waals surface area contributed by atoms with Gasteiger partial charge in [-0.05, 0) is 37.8 Å². The van der Waals surface area contributed by atoms with E-state index in [0.29, 0.717) is 6.54 Å². The van der Waals surface area contributed by atoms with Gasteiger partial charge in [0.2, 0.25) is 0 Å². The van der Waals surface area contributed by atoms with E-state index >= 15 is 0 Å². The standard InChI is InChI=1S/C10H19NO/c1-2-11-8-10(12)9-6-4-3-5-7-9/h6,10-12H,2-5,7-8H2,1H3. The molecule has 0 saturated heterocycles. The first-order chi connectivity index (χ1) is 5.84. The highest BCUT2D eigenvalue weighted by atomic mass is 16.3. The van der Waals surface area contributed by atoms with E-state index in [1.807, 2.05) is 0 Å². The first kappa shape index (κ1) is 9.75. The Morgan fingerprint density at radius 1 is 1.58 bits per heavy atom. The van der Waals surface area contributed by atoms with Crippen LogP contribution in [0.3, 0.4) is 0 Å². The lowest BCUT2D eigenvalue weighted by molar-refractivity contribution is 0.201. The average Bonchev–Trinajstić information content (AvgIpc) is 2.15. The third-order valence-electron chi connectivity index (χ3n) is 2.34. The van der Waals surface area contributed by atoms with E-state index < -0.39 is 0 Å². The van der Waals surface area contributed by atoms with Gasteiger partial charge in [-0.25, -0.2) is 0 Å². The van der Waals surface area contributed by atoms with Gasteiger partial charge >= 0.3 is 0 Å². The number of aliphatic hydroxyl groups is 1. The Morgan fingerprint density at radius 3 is 3.00 bits per heavy atom. The quantitative estimate of drug-likeness (QED) is 0.624. The number of nitrogens with one attached hydrogen (secondary N) is 1. The number of allylic oxidation sites excluding steroid dienone is 1. The van der Waals surface area contributed by atoms with E-state index in [4.69, 9.17) is 0 Å². The molecule has 1 aliphatic carbocycles.